The van der Waals surface area contributed by atoms with Crippen LogP contribution in [-0.4, -0.2) is 35.4 Å². The maximum atomic E-state index is 13.3. The lowest BCUT2D eigenvalue weighted by Crippen LogP contribution is -2.51. The Labute approximate surface area is 213 Å². The maximum Gasteiger partial charge on any atom is 0.261 e. The number of halogens is 2. The fraction of sp³-hybridized carbons (Fsp3) is 0.462. The summed E-state index contributed by atoms with van der Waals surface area (Å²) < 4.78 is 7.82. The molecule has 0 aliphatic heterocycles. The Balaban J connectivity index is 1.73. The van der Waals surface area contributed by atoms with Crippen molar-refractivity contribution in [3.05, 3.63) is 62.0 Å². The van der Waals surface area contributed by atoms with Crippen molar-refractivity contribution in [1.82, 2.24) is 10.2 Å². The molecular weight excluding hydrogens is 548 g/mol. The molecule has 3 rings (SSSR count). The molecule has 0 spiro atoms. The molecule has 5 nitrogen and oxygen atoms in total. The number of carbonyl (C=O) groups is 2. The molecule has 7 heteroatoms. The van der Waals surface area contributed by atoms with Crippen molar-refractivity contribution >= 4 is 43.7 Å². The zero-order valence-corrected chi connectivity index (χ0v) is 22.7. The van der Waals surface area contributed by atoms with E-state index in [1.165, 1.54) is 6.42 Å². The lowest BCUT2D eigenvalue weighted by atomic mass is 9.95. The van der Waals surface area contributed by atoms with Gasteiger partial charge in [0.15, 0.2) is 6.61 Å². The van der Waals surface area contributed by atoms with Crippen molar-refractivity contribution in [3.63, 3.8) is 0 Å². The molecule has 178 valence electrons. The summed E-state index contributed by atoms with van der Waals surface area (Å²) in [5, 5.41) is 3.16. The van der Waals surface area contributed by atoms with Gasteiger partial charge in [0, 0.05) is 21.5 Å². The summed E-state index contributed by atoms with van der Waals surface area (Å²) in [7, 11) is 0. The fourth-order valence-corrected chi connectivity index (χ4v) is 4.88. The zero-order valence-electron chi connectivity index (χ0n) is 19.5. The summed E-state index contributed by atoms with van der Waals surface area (Å²) in [6, 6.07) is 11.2. The molecule has 1 N–H and O–H groups in total. The summed E-state index contributed by atoms with van der Waals surface area (Å²) in [4.78, 5) is 27.9. The SMILES string of the molecule is Cc1cc(OCC(=O)N(Cc2cccc(Br)c2)C(C)C(=O)NC2CCCCC2)cc(C)c1Br. The van der Waals surface area contributed by atoms with Gasteiger partial charge in [-0.2, -0.15) is 0 Å². The number of aryl methyl sites for hydroxylation is 2. The van der Waals surface area contributed by atoms with Crippen LogP contribution in [0.4, 0.5) is 0 Å². The summed E-state index contributed by atoms with van der Waals surface area (Å²) in [5.74, 6) is 0.309. The van der Waals surface area contributed by atoms with Crippen LogP contribution < -0.4 is 10.1 Å². The van der Waals surface area contributed by atoms with Gasteiger partial charge in [-0.1, -0.05) is 63.3 Å². The minimum Gasteiger partial charge on any atom is -0.484 e. The average Bonchev–Trinajstić information content (AvgIpc) is 2.79. The summed E-state index contributed by atoms with van der Waals surface area (Å²) in [6.07, 6.45) is 5.51. The van der Waals surface area contributed by atoms with Gasteiger partial charge in [-0.15, -0.1) is 0 Å². The summed E-state index contributed by atoms with van der Waals surface area (Å²) in [6.45, 7) is 5.98. The van der Waals surface area contributed by atoms with E-state index < -0.39 is 6.04 Å². The monoisotopic (exact) mass is 578 g/mol. The summed E-state index contributed by atoms with van der Waals surface area (Å²) >= 11 is 7.05. The second kappa shape index (κ2) is 12.0. The van der Waals surface area contributed by atoms with Gasteiger partial charge in [0.2, 0.25) is 5.91 Å². The third-order valence-electron chi connectivity index (χ3n) is 6.13. The maximum absolute atomic E-state index is 13.3. The molecule has 0 saturated heterocycles. The van der Waals surface area contributed by atoms with Crippen LogP contribution in [0.25, 0.3) is 0 Å². The molecule has 1 fully saturated rings. The van der Waals surface area contributed by atoms with Gasteiger partial charge < -0.3 is 15.0 Å². The number of ether oxygens (including phenoxy) is 1. The van der Waals surface area contributed by atoms with E-state index in [1.54, 1.807) is 11.8 Å². The number of rotatable bonds is 8. The third kappa shape index (κ3) is 7.31. The molecule has 2 aromatic rings. The van der Waals surface area contributed by atoms with Crippen molar-refractivity contribution in [2.45, 2.75) is 71.5 Å². The Morgan fingerprint density at radius 3 is 2.39 bits per heavy atom. The number of benzene rings is 2. The Morgan fingerprint density at radius 1 is 1.09 bits per heavy atom. The van der Waals surface area contributed by atoms with Crippen molar-refractivity contribution in [2.75, 3.05) is 6.61 Å². The topological polar surface area (TPSA) is 58.6 Å². The van der Waals surface area contributed by atoms with Gasteiger partial charge in [0.25, 0.3) is 5.91 Å². The normalized spacial score (nSPS) is 15.1. The highest BCUT2D eigenvalue weighted by atomic mass is 79.9. The highest BCUT2D eigenvalue weighted by Gasteiger charge is 2.28. The van der Waals surface area contributed by atoms with Gasteiger partial charge in [-0.3, -0.25) is 9.59 Å². The first-order valence-corrected chi connectivity index (χ1v) is 13.1. The first kappa shape index (κ1) is 25.8. The van der Waals surface area contributed by atoms with Gasteiger partial charge in [0.05, 0.1) is 0 Å². The van der Waals surface area contributed by atoms with Gasteiger partial charge >= 0.3 is 0 Å². The van der Waals surface area contributed by atoms with E-state index in [4.69, 9.17) is 4.74 Å². The van der Waals surface area contributed by atoms with E-state index in [1.807, 2.05) is 50.2 Å². The van der Waals surface area contributed by atoms with Crippen molar-refractivity contribution in [1.29, 1.82) is 0 Å². The largest absolute Gasteiger partial charge is 0.484 e. The Kier molecular flexibility index (Phi) is 9.38. The Hall–Kier alpha value is -1.86. The molecule has 1 unspecified atom stereocenters. The smallest absolute Gasteiger partial charge is 0.261 e. The van der Waals surface area contributed by atoms with E-state index in [2.05, 4.69) is 37.2 Å². The van der Waals surface area contributed by atoms with Gasteiger partial charge in [-0.05, 0) is 74.6 Å². The van der Waals surface area contributed by atoms with Crippen LogP contribution in [0.1, 0.15) is 55.7 Å². The van der Waals surface area contributed by atoms with Crippen LogP contribution in [0.2, 0.25) is 0 Å². The van der Waals surface area contributed by atoms with Crippen molar-refractivity contribution < 1.29 is 14.3 Å². The van der Waals surface area contributed by atoms with Gasteiger partial charge in [0.1, 0.15) is 11.8 Å². The molecule has 1 saturated carbocycles. The van der Waals surface area contributed by atoms with E-state index in [-0.39, 0.29) is 24.5 Å². The number of hydrogen-bond donors (Lipinski definition) is 1. The zero-order chi connectivity index (χ0) is 24.0. The molecule has 2 amide bonds. The predicted octanol–water partition coefficient (Wildman–Crippen LogP) is 6.07. The Bertz CT molecular complexity index is 966. The molecule has 0 radical (unpaired) electrons. The van der Waals surface area contributed by atoms with Crippen molar-refractivity contribution in [3.8, 4) is 5.75 Å². The second-order valence-electron chi connectivity index (χ2n) is 8.83. The third-order valence-corrected chi connectivity index (χ3v) is 7.88. The molecule has 1 atom stereocenters. The minimum atomic E-state index is -0.601. The number of amides is 2. The minimum absolute atomic E-state index is 0.111. The van der Waals surface area contributed by atoms with E-state index in [0.717, 1.165) is 51.3 Å². The lowest BCUT2D eigenvalue weighted by molar-refractivity contribution is -0.142. The van der Waals surface area contributed by atoms with Gasteiger partial charge in [-0.25, -0.2) is 0 Å². The van der Waals surface area contributed by atoms with Crippen LogP contribution in [0.5, 0.6) is 5.75 Å². The molecule has 2 aromatic carbocycles. The van der Waals surface area contributed by atoms with Crippen molar-refractivity contribution in [2.24, 2.45) is 0 Å². The van der Waals surface area contributed by atoms with Crippen LogP contribution in [-0.2, 0) is 16.1 Å². The molecule has 1 aliphatic carbocycles. The molecule has 0 heterocycles. The number of nitrogens with zero attached hydrogens (tertiary/aromatic N) is 1. The first-order chi connectivity index (χ1) is 15.7. The van der Waals surface area contributed by atoms with E-state index in [9.17, 15) is 9.59 Å². The first-order valence-electron chi connectivity index (χ1n) is 11.5. The Morgan fingerprint density at radius 2 is 1.76 bits per heavy atom. The quantitative estimate of drug-likeness (QED) is 0.413. The molecular formula is C26H32Br2N2O3. The highest BCUT2D eigenvalue weighted by molar-refractivity contribution is 9.10. The van der Waals surface area contributed by atoms with E-state index >= 15 is 0 Å². The molecule has 0 bridgehead atoms. The van der Waals surface area contributed by atoms with Crippen LogP contribution in [0, 0.1) is 13.8 Å². The van der Waals surface area contributed by atoms with E-state index in [0.29, 0.717) is 12.3 Å². The number of hydrogen-bond acceptors (Lipinski definition) is 3. The summed E-state index contributed by atoms with van der Waals surface area (Å²) in [5.41, 5.74) is 3.04. The molecule has 33 heavy (non-hydrogen) atoms. The second-order valence-corrected chi connectivity index (χ2v) is 10.5. The fourth-order valence-electron chi connectivity index (χ4n) is 4.20. The number of carbonyl (C=O) groups excluding carboxylic acids is 2. The van der Waals surface area contributed by atoms with Crippen LogP contribution in [0.3, 0.4) is 0 Å². The molecule has 0 aromatic heterocycles. The lowest BCUT2D eigenvalue weighted by Gasteiger charge is -2.31. The van der Waals surface area contributed by atoms with Crippen LogP contribution >= 0.6 is 31.9 Å². The molecule has 1 aliphatic rings. The standard InChI is InChI=1S/C26H32Br2N2O3/c1-17-12-23(13-18(2)25(17)28)33-16-24(31)30(15-20-8-7-9-21(27)14-20)19(3)26(32)29-22-10-5-4-6-11-22/h7-9,12-14,19,22H,4-6,10-11,15-16H2,1-3H3,(H,29,32). The number of nitrogens with one attached hydrogen (secondary N) is 1. The average molecular weight is 580 g/mol. The highest BCUT2D eigenvalue weighted by Crippen LogP contribution is 2.26. The van der Waals surface area contributed by atoms with Crippen LogP contribution in [0.15, 0.2) is 45.3 Å². The predicted molar refractivity (Wildman–Crippen MR) is 138 cm³/mol.